The number of esters is 2. The van der Waals surface area contributed by atoms with Gasteiger partial charge in [-0.05, 0) is 57.8 Å². The molecule has 3 rings (SSSR count). The summed E-state index contributed by atoms with van der Waals surface area (Å²) in [6.45, 7) is 8.27. The van der Waals surface area contributed by atoms with Crippen LogP contribution in [-0.4, -0.2) is 25.2 Å². The van der Waals surface area contributed by atoms with Crippen molar-refractivity contribution >= 4 is 11.9 Å². The van der Waals surface area contributed by atoms with E-state index in [1.165, 1.54) is 0 Å². The van der Waals surface area contributed by atoms with Gasteiger partial charge in [-0.15, -0.1) is 13.2 Å². The molecule has 0 N–H and O–H groups in total. The van der Waals surface area contributed by atoms with Crippen LogP contribution in [0.2, 0.25) is 0 Å². The quantitative estimate of drug-likeness (QED) is 0.310. The van der Waals surface area contributed by atoms with Crippen LogP contribution < -0.4 is 0 Å². The summed E-state index contributed by atoms with van der Waals surface area (Å²) >= 11 is 0. The topological polar surface area (TPSA) is 52.6 Å². The van der Waals surface area contributed by atoms with Crippen molar-refractivity contribution in [3.05, 3.63) is 25.3 Å². The number of carbonyl (C=O) groups excluding carboxylic acids is 2. The standard InChI is InChI=1S/C19H28O4/c1-3-5-7-9-11-22-16(20)18-13-19(14-18,15-18)17(21)23-12-10-8-6-4-2/h3-4H,1-2,5-15H2. The van der Waals surface area contributed by atoms with Gasteiger partial charge in [0.05, 0.1) is 24.0 Å². The average molecular weight is 320 g/mol. The van der Waals surface area contributed by atoms with Crippen LogP contribution in [0.4, 0.5) is 0 Å². The summed E-state index contributed by atoms with van der Waals surface area (Å²) < 4.78 is 10.7. The summed E-state index contributed by atoms with van der Waals surface area (Å²) in [5.74, 6) is -0.256. The van der Waals surface area contributed by atoms with Crippen LogP contribution >= 0.6 is 0 Å². The summed E-state index contributed by atoms with van der Waals surface area (Å²) in [6, 6.07) is 0. The number of allylic oxidation sites excluding steroid dienone is 2. The molecule has 128 valence electrons. The SMILES string of the molecule is C=CCCCCOC(=O)C12CC(C(=O)OCCCCC=C)(C1)C2. The Morgan fingerprint density at radius 2 is 1.17 bits per heavy atom. The minimum atomic E-state index is -0.389. The number of rotatable bonds is 12. The summed E-state index contributed by atoms with van der Waals surface area (Å²) in [6.07, 6.45) is 11.2. The zero-order valence-corrected chi connectivity index (χ0v) is 14.0. The van der Waals surface area contributed by atoms with E-state index >= 15 is 0 Å². The van der Waals surface area contributed by atoms with Gasteiger partial charge in [0.2, 0.25) is 0 Å². The largest absolute Gasteiger partial charge is 0.465 e. The molecular weight excluding hydrogens is 292 g/mol. The first-order chi connectivity index (χ1) is 11.1. The van der Waals surface area contributed by atoms with Crippen LogP contribution in [0.15, 0.2) is 25.3 Å². The highest BCUT2D eigenvalue weighted by Gasteiger charge is 2.76. The van der Waals surface area contributed by atoms with Gasteiger partial charge in [-0.1, -0.05) is 12.2 Å². The van der Waals surface area contributed by atoms with Gasteiger partial charge in [-0.25, -0.2) is 0 Å². The lowest BCUT2D eigenvalue weighted by atomic mass is 9.35. The third-order valence-corrected chi connectivity index (χ3v) is 4.97. The minimum Gasteiger partial charge on any atom is -0.465 e. The van der Waals surface area contributed by atoms with E-state index in [1.807, 2.05) is 12.2 Å². The number of ether oxygens (including phenoxy) is 2. The Balaban J connectivity index is 1.60. The molecule has 0 aromatic carbocycles. The van der Waals surface area contributed by atoms with E-state index in [0.717, 1.165) is 38.5 Å². The molecule has 2 bridgehead atoms. The smallest absolute Gasteiger partial charge is 0.312 e. The van der Waals surface area contributed by atoms with E-state index < -0.39 is 0 Å². The second-order valence-corrected chi connectivity index (χ2v) is 6.93. The van der Waals surface area contributed by atoms with Crippen LogP contribution in [0, 0.1) is 10.8 Å². The van der Waals surface area contributed by atoms with Crippen LogP contribution in [0.25, 0.3) is 0 Å². The van der Waals surface area contributed by atoms with Crippen LogP contribution in [0.3, 0.4) is 0 Å². The molecule has 3 fully saturated rings. The number of hydrogen-bond acceptors (Lipinski definition) is 4. The molecule has 0 amide bonds. The van der Waals surface area contributed by atoms with Crippen LogP contribution in [0.1, 0.15) is 57.8 Å². The predicted molar refractivity (Wildman–Crippen MR) is 88.7 cm³/mol. The predicted octanol–water partition coefficient (Wildman–Crippen LogP) is 3.96. The van der Waals surface area contributed by atoms with E-state index in [0.29, 0.717) is 32.5 Å². The fourth-order valence-electron chi connectivity index (χ4n) is 3.64. The van der Waals surface area contributed by atoms with E-state index in [2.05, 4.69) is 13.2 Å². The first-order valence-electron chi connectivity index (χ1n) is 8.65. The maximum absolute atomic E-state index is 12.1. The zero-order valence-electron chi connectivity index (χ0n) is 14.0. The molecule has 0 heterocycles. The Hall–Kier alpha value is -1.58. The fraction of sp³-hybridized carbons (Fsp3) is 0.684. The average Bonchev–Trinajstić information content (AvgIpc) is 2.44. The normalized spacial score (nSPS) is 27.3. The molecule has 0 saturated heterocycles. The van der Waals surface area contributed by atoms with Crippen molar-refractivity contribution in [2.45, 2.75) is 57.8 Å². The van der Waals surface area contributed by atoms with Gasteiger partial charge in [0.15, 0.2) is 0 Å². The lowest BCUT2D eigenvalue weighted by Crippen LogP contribution is -2.69. The minimum absolute atomic E-state index is 0.128. The number of unbranched alkanes of at least 4 members (excludes halogenated alkanes) is 4. The maximum atomic E-state index is 12.1. The van der Waals surface area contributed by atoms with Crippen molar-refractivity contribution in [2.24, 2.45) is 10.8 Å². The Bertz CT molecular complexity index is 406. The molecular formula is C19H28O4. The Morgan fingerprint density at radius 3 is 1.52 bits per heavy atom. The molecule has 0 atom stereocenters. The molecule has 0 aromatic heterocycles. The van der Waals surface area contributed by atoms with Gasteiger partial charge in [0.1, 0.15) is 0 Å². The Kier molecular flexibility index (Phi) is 6.03. The van der Waals surface area contributed by atoms with E-state index in [4.69, 9.17) is 9.47 Å². The summed E-state index contributed by atoms with van der Waals surface area (Å²) in [7, 11) is 0. The molecule has 3 aliphatic rings. The molecule has 23 heavy (non-hydrogen) atoms. The second-order valence-electron chi connectivity index (χ2n) is 6.93. The van der Waals surface area contributed by atoms with E-state index in [1.54, 1.807) is 0 Å². The fourth-order valence-corrected chi connectivity index (χ4v) is 3.64. The molecule has 0 aromatic rings. The van der Waals surface area contributed by atoms with Crippen molar-refractivity contribution in [1.29, 1.82) is 0 Å². The zero-order chi connectivity index (χ0) is 16.8. The molecule has 3 saturated carbocycles. The first kappa shape index (κ1) is 17.8. The van der Waals surface area contributed by atoms with Crippen molar-refractivity contribution in [3.63, 3.8) is 0 Å². The van der Waals surface area contributed by atoms with Gasteiger partial charge in [-0.2, -0.15) is 0 Å². The van der Waals surface area contributed by atoms with Gasteiger partial charge in [0.25, 0.3) is 0 Å². The van der Waals surface area contributed by atoms with Crippen molar-refractivity contribution < 1.29 is 19.1 Å². The molecule has 0 unspecified atom stereocenters. The van der Waals surface area contributed by atoms with Gasteiger partial charge in [-0.3, -0.25) is 9.59 Å². The van der Waals surface area contributed by atoms with Crippen molar-refractivity contribution in [2.75, 3.05) is 13.2 Å². The van der Waals surface area contributed by atoms with Crippen LogP contribution in [0.5, 0.6) is 0 Å². The maximum Gasteiger partial charge on any atom is 0.312 e. The highest BCUT2D eigenvalue weighted by atomic mass is 16.5. The molecule has 0 aliphatic heterocycles. The molecule has 0 radical (unpaired) electrons. The van der Waals surface area contributed by atoms with Gasteiger partial charge < -0.3 is 9.47 Å². The molecule has 4 heteroatoms. The molecule has 0 spiro atoms. The van der Waals surface area contributed by atoms with Gasteiger partial charge >= 0.3 is 11.9 Å². The first-order valence-corrected chi connectivity index (χ1v) is 8.65. The summed E-state index contributed by atoms with van der Waals surface area (Å²) in [4.78, 5) is 24.2. The molecule has 4 nitrogen and oxygen atoms in total. The second kappa shape index (κ2) is 7.80. The third kappa shape index (κ3) is 3.85. The van der Waals surface area contributed by atoms with E-state index in [-0.39, 0.29) is 22.8 Å². The van der Waals surface area contributed by atoms with Crippen LogP contribution in [-0.2, 0) is 19.1 Å². The monoisotopic (exact) mass is 320 g/mol. The number of carbonyl (C=O) groups is 2. The summed E-state index contributed by atoms with van der Waals surface area (Å²) in [5.41, 5.74) is -0.777. The van der Waals surface area contributed by atoms with Crippen molar-refractivity contribution in [1.82, 2.24) is 0 Å². The Labute approximate surface area is 138 Å². The third-order valence-electron chi connectivity index (χ3n) is 4.97. The summed E-state index contributed by atoms with van der Waals surface area (Å²) in [5, 5.41) is 0. The highest BCUT2D eigenvalue weighted by molar-refractivity contribution is 5.91. The lowest BCUT2D eigenvalue weighted by molar-refractivity contribution is -0.237. The Morgan fingerprint density at radius 1 is 0.783 bits per heavy atom. The van der Waals surface area contributed by atoms with E-state index in [9.17, 15) is 9.59 Å². The van der Waals surface area contributed by atoms with Gasteiger partial charge in [0, 0.05) is 0 Å². The molecule has 3 aliphatic carbocycles. The van der Waals surface area contributed by atoms with Crippen molar-refractivity contribution in [3.8, 4) is 0 Å². The number of hydrogen-bond donors (Lipinski definition) is 0. The lowest BCUT2D eigenvalue weighted by Gasteiger charge is -2.66. The highest BCUT2D eigenvalue weighted by Crippen LogP contribution is 2.74.